The van der Waals surface area contributed by atoms with Gasteiger partial charge in [-0.1, -0.05) is 26.0 Å². The van der Waals surface area contributed by atoms with Crippen molar-refractivity contribution in [3.8, 4) is 0 Å². The number of nitrogens with one attached hydrogen (secondary N) is 1. The summed E-state index contributed by atoms with van der Waals surface area (Å²) in [6, 6.07) is 0. The van der Waals surface area contributed by atoms with Gasteiger partial charge in [0.1, 0.15) is 0 Å². The molecule has 0 saturated heterocycles. The fraction of sp³-hybridized carbons (Fsp3) is 0.545. The summed E-state index contributed by atoms with van der Waals surface area (Å²) in [6.45, 7) is 6.17. The molecule has 3 heteroatoms. The molecule has 0 aliphatic carbocycles. The van der Waals surface area contributed by atoms with E-state index in [0.717, 1.165) is 19.5 Å². The van der Waals surface area contributed by atoms with Crippen molar-refractivity contribution in [3.63, 3.8) is 0 Å². The molecule has 14 heavy (non-hydrogen) atoms. The minimum Gasteiger partial charge on any atom is -0.314 e. The van der Waals surface area contributed by atoms with E-state index in [1.807, 2.05) is 11.7 Å². The van der Waals surface area contributed by atoms with Crippen molar-refractivity contribution in [1.29, 1.82) is 0 Å². The Hall–Kier alpha value is -1.09. The molecule has 78 valence electrons. The average molecular weight is 193 g/mol. The molecule has 1 aromatic rings. The average Bonchev–Trinajstić information content (AvgIpc) is 2.54. The summed E-state index contributed by atoms with van der Waals surface area (Å²) in [6.07, 6.45) is 7.32. The first-order valence-electron chi connectivity index (χ1n) is 5.17. The molecule has 0 unspecified atom stereocenters. The van der Waals surface area contributed by atoms with Crippen LogP contribution < -0.4 is 5.32 Å². The predicted molar refractivity (Wildman–Crippen MR) is 60.2 cm³/mol. The van der Waals surface area contributed by atoms with E-state index in [0.29, 0.717) is 0 Å². The number of aryl methyl sites for hydroxylation is 2. The van der Waals surface area contributed by atoms with Gasteiger partial charge in [0, 0.05) is 25.4 Å². The molecule has 1 heterocycles. The third-order valence-electron chi connectivity index (χ3n) is 2.08. The minimum atomic E-state index is 0.925. The maximum Gasteiger partial charge on any atom is 0.0693 e. The summed E-state index contributed by atoms with van der Waals surface area (Å²) in [5, 5.41) is 7.62. The first kappa shape index (κ1) is 11.0. The Kier molecular flexibility index (Phi) is 4.40. The first-order chi connectivity index (χ1) is 6.77. The number of aromatic nitrogens is 2. The monoisotopic (exact) mass is 193 g/mol. The Bertz CT molecular complexity index is 299. The smallest absolute Gasteiger partial charge is 0.0693 e. The molecule has 1 aromatic heterocycles. The van der Waals surface area contributed by atoms with Crippen LogP contribution in [0.5, 0.6) is 0 Å². The highest BCUT2D eigenvalue weighted by atomic mass is 15.2. The molecule has 0 spiro atoms. The second kappa shape index (κ2) is 5.60. The van der Waals surface area contributed by atoms with Gasteiger partial charge in [0.15, 0.2) is 0 Å². The van der Waals surface area contributed by atoms with Crippen LogP contribution in [0, 0.1) is 0 Å². The van der Waals surface area contributed by atoms with Crippen LogP contribution in [0.4, 0.5) is 0 Å². The van der Waals surface area contributed by atoms with Crippen molar-refractivity contribution >= 4 is 6.08 Å². The largest absolute Gasteiger partial charge is 0.314 e. The molecule has 0 radical (unpaired) electrons. The first-order valence-corrected chi connectivity index (χ1v) is 5.17. The molecule has 0 aliphatic rings. The molecule has 0 bridgehead atoms. The van der Waals surface area contributed by atoms with E-state index in [2.05, 4.69) is 42.6 Å². The summed E-state index contributed by atoms with van der Waals surface area (Å²) in [4.78, 5) is 0. The zero-order valence-electron chi connectivity index (χ0n) is 9.25. The van der Waals surface area contributed by atoms with Crippen molar-refractivity contribution < 1.29 is 0 Å². The van der Waals surface area contributed by atoms with Crippen molar-refractivity contribution in [3.05, 3.63) is 23.5 Å². The standard InChI is InChI=1S/C11H19N3/c1-4-11-10(9-14(3)13-11)7-6-8-12-5-2/h6-7,9,12H,4-5,8H2,1-3H3/b7-6+. The summed E-state index contributed by atoms with van der Waals surface area (Å²) < 4.78 is 1.87. The van der Waals surface area contributed by atoms with E-state index in [-0.39, 0.29) is 0 Å². The van der Waals surface area contributed by atoms with E-state index in [4.69, 9.17) is 0 Å². The number of hydrogen-bond donors (Lipinski definition) is 1. The third kappa shape index (κ3) is 3.00. The second-order valence-electron chi connectivity index (χ2n) is 3.27. The SMILES string of the molecule is CCNC/C=C/c1cn(C)nc1CC. The normalized spacial score (nSPS) is 11.4. The Morgan fingerprint density at radius 1 is 1.50 bits per heavy atom. The Morgan fingerprint density at radius 3 is 2.93 bits per heavy atom. The molecule has 0 aliphatic heterocycles. The van der Waals surface area contributed by atoms with Gasteiger partial charge in [-0.2, -0.15) is 5.10 Å². The van der Waals surface area contributed by atoms with Gasteiger partial charge >= 0.3 is 0 Å². The number of likely N-dealkylation sites (N-methyl/N-ethyl adjacent to an activating group) is 1. The predicted octanol–water partition coefficient (Wildman–Crippen LogP) is 1.61. The van der Waals surface area contributed by atoms with Gasteiger partial charge in [0.05, 0.1) is 5.69 Å². The fourth-order valence-electron chi connectivity index (χ4n) is 1.38. The molecular formula is C11H19N3. The maximum atomic E-state index is 4.37. The molecule has 1 rings (SSSR count). The molecule has 0 saturated carbocycles. The van der Waals surface area contributed by atoms with Crippen LogP contribution in [0.3, 0.4) is 0 Å². The number of hydrogen-bond acceptors (Lipinski definition) is 2. The van der Waals surface area contributed by atoms with E-state index >= 15 is 0 Å². The van der Waals surface area contributed by atoms with Crippen LogP contribution >= 0.6 is 0 Å². The zero-order valence-corrected chi connectivity index (χ0v) is 9.25. The Balaban J connectivity index is 2.60. The molecule has 0 amide bonds. The van der Waals surface area contributed by atoms with Crippen molar-refractivity contribution in [2.75, 3.05) is 13.1 Å². The highest BCUT2D eigenvalue weighted by molar-refractivity contribution is 5.51. The Morgan fingerprint density at radius 2 is 2.29 bits per heavy atom. The summed E-state index contributed by atoms with van der Waals surface area (Å²) in [7, 11) is 1.96. The van der Waals surface area contributed by atoms with Gasteiger partial charge in [-0.25, -0.2) is 0 Å². The highest BCUT2D eigenvalue weighted by Crippen LogP contribution is 2.08. The minimum absolute atomic E-state index is 0.925. The number of rotatable bonds is 5. The summed E-state index contributed by atoms with van der Waals surface area (Å²) >= 11 is 0. The molecular weight excluding hydrogens is 174 g/mol. The van der Waals surface area contributed by atoms with Crippen LogP contribution in [0.15, 0.2) is 12.3 Å². The van der Waals surface area contributed by atoms with Gasteiger partial charge in [-0.05, 0) is 13.0 Å². The number of nitrogens with zero attached hydrogens (tertiary/aromatic N) is 2. The van der Waals surface area contributed by atoms with E-state index in [1.54, 1.807) is 0 Å². The molecule has 0 aromatic carbocycles. The van der Waals surface area contributed by atoms with E-state index in [1.165, 1.54) is 11.3 Å². The van der Waals surface area contributed by atoms with Crippen molar-refractivity contribution in [1.82, 2.24) is 15.1 Å². The van der Waals surface area contributed by atoms with Gasteiger partial charge in [0.25, 0.3) is 0 Å². The lowest BCUT2D eigenvalue weighted by Crippen LogP contribution is -2.11. The summed E-state index contributed by atoms with van der Waals surface area (Å²) in [5.74, 6) is 0. The van der Waals surface area contributed by atoms with Gasteiger partial charge in [-0.15, -0.1) is 0 Å². The lowest BCUT2D eigenvalue weighted by Gasteiger charge is -1.93. The topological polar surface area (TPSA) is 29.9 Å². The van der Waals surface area contributed by atoms with Gasteiger partial charge < -0.3 is 5.32 Å². The third-order valence-corrected chi connectivity index (χ3v) is 2.08. The van der Waals surface area contributed by atoms with Crippen LogP contribution in [-0.4, -0.2) is 22.9 Å². The lowest BCUT2D eigenvalue weighted by atomic mass is 10.2. The molecule has 3 nitrogen and oxygen atoms in total. The van der Waals surface area contributed by atoms with Crippen LogP contribution in [0.1, 0.15) is 25.1 Å². The summed E-state index contributed by atoms with van der Waals surface area (Å²) in [5.41, 5.74) is 2.40. The van der Waals surface area contributed by atoms with Gasteiger partial charge in [-0.3, -0.25) is 4.68 Å². The lowest BCUT2D eigenvalue weighted by molar-refractivity contribution is 0.746. The molecule has 1 N–H and O–H groups in total. The van der Waals surface area contributed by atoms with Crippen molar-refractivity contribution in [2.45, 2.75) is 20.3 Å². The van der Waals surface area contributed by atoms with Crippen LogP contribution in [0.25, 0.3) is 6.08 Å². The molecule has 0 atom stereocenters. The van der Waals surface area contributed by atoms with E-state index < -0.39 is 0 Å². The van der Waals surface area contributed by atoms with E-state index in [9.17, 15) is 0 Å². The highest BCUT2D eigenvalue weighted by Gasteiger charge is 2.00. The van der Waals surface area contributed by atoms with Crippen molar-refractivity contribution in [2.24, 2.45) is 7.05 Å². The Labute approximate surface area is 85.8 Å². The fourth-order valence-corrected chi connectivity index (χ4v) is 1.38. The zero-order chi connectivity index (χ0) is 10.4. The van der Waals surface area contributed by atoms with Gasteiger partial charge in [0.2, 0.25) is 0 Å². The maximum absolute atomic E-state index is 4.37. The quantitative estimate of drug-likeness (QED) is 0.720. The molecule has 0 fully saturated rings. The second-order valence-corrected chi connectivity index (χ2v) is 3.27. The van der Waals surface area contributed by atoms with Crippen LogP contribution in [-0.2, 0) is 13.5 Å². The van der Waals surface area contributed by atoms with Crippen LogP contribution in [0.2, 0.25) is 0 Å².